The van der Waals surface area contributed by atoms with Crippen molar-refractivity contribution in [3.8, 4) is 0 Å². The van der Waals surface area contributed by atoms with Crippen LogP contribution in [0.2, 0.25) is 0 Å². The quantitative estimate of drug-likeness (QED) is 0.738. The molecule has 0 aromatic rings. The fourth-order valence-electron chi connectivity index (χ4n) is 2.16. The van der Waals surface area contributed by atoms with Gasteiger partial charge in [0.1, 0.15) is 12.2 Å². The van der Waals surface area contributed by atoms with Crippen LogP contribution < -0.4 is 0 Å². The second kappa shape index (κ2) is 5.15. The Kier molecular flexibility index (Phi) is 3.73. The van der Waals surface area contributed by atoms with E-state index in [0.29, 0.717) is 12.0 Å². The summed E-state index contributed by atoms with van der Waals surface area (Å²) in [6.45, 7) is 3.23. The summed E-state index contributed by atoms with van der Waals surface area (Å²) in [7, 11) is 0. The zero-order valence-electron chi connectivity index (χ0n) is 11.0. The standard InChI is InChI=1S/C15H18O4/c1-3-4-5-6-11-7-10-8-13(16)15(2,18)14(17)12(10)9-19-11/h3-6,8-9,11,14,17-18H,7H2,1-2H3. The largest absolute Gasteiger partial charge is 0.493 e. The van der Waals surface area contributed by atoms with Crippen LogP contribution in [0.4, 0.5) is 0 Å². The third-order valence-electron chi connectivity index (χ3n) is 3.42. The number of hydrogen-bond donors (Lipinski definition) is 2. The van der Waals surface area contributed by atoms with Crippen LogP contribution in [0.5, 0.6) is 0 Å². The van der Waals surface area contributed by atoms with Crippen molar-refractivity contribution in [1.82, 2.24) is 0 Å². The van der Waals surface area contributed by atoms with E-state index in [1.165, 1.54) is 19.3 Å². The third kappa shape index (κ3) is 2.55. The molecule has 19 heavy (non-hydrogen) atoms. The van der Waals surface area contributed by atoms with Crippen molar-refractivity contribution in [3.05, 3.63) is 47.8 Å². The van der Waals surface area contributed by atoms with Crippen LogP contribution in [-0.2, 0) is 9.53 Å². The molecule has 1 aliphatic heterocycles. The molecule has 0 aromatic heterocycles. The molecule has 0 saturated heterocycles. The van der Waals surface area contributed by atoms with Gasteiger partial charge in [0.25, 0.3) is 0 Å². The minimum Gasteiger partial charge on any atom is -0.493 e. The first-order valence-corrected chi connectivity index (χ1v) is 6.27. The topological polar surface area (TPSA) is 66.8 Å². The normalized spacial score (nSPS) is 35.1. The Morgan fingerprint density at radius 1 is 1.47 bits per heavy atom. The van der Waals surface area contributed by atoms with Crippen LogP contribution in [0.25, 0.3) is 0 Å². The maximum atomic E-state index is 11.8. The fourth-order valence-corrected chi connectivity index (χ4v) is 2.16. The summed E-state index contributed by atoms with van der Waals surface area (Å²) in [6.07, 6.45) is 9.52. The minimum absolute atomic E-state index is 0.158. The molecule has 0 aromatic carbocycles. The highest BCUT2D eigenvalue weighted by Crippen LogP contribution is 2.35. The van der Waals surface area contributed by atoms with E-state index < -0.39 is 17.5 Å². The van der Waals surface area contributed by atoms with Gasteiger partial charge in [0.05, 0.1) is 6.26 Å². The highest BCUT2D eigenvalue weighted by Gasteiger charge is 2.45. The predicted octanol–water partition coefficient (Wildman–Crippen LogP) is 1.41. The summed E-state index contributed by atoms with van der Waals surface area (Å²) in [5.41, 5.74) is -0.558. The number of ether oxygens (including phenoxy) is 1. The molecule has 0 amide bonds. The molecule has 1 aliphatic carbocycles. The van der Waals surface area contributed by atoms with Crippen molar-refractivity contribution in [2.24, 2.45) is 0 Å². The molecular weight excluding hydrogens is 244 g/mol. The number of hydrogen-bond acceptors (Lipinski definition) is 4. The summed E-state index contributed by atoms with van der Waals surface area (Å²) in [5, 5.41) is 19.9. The van der Waals surface area contributed by atoms with Crippen LogP contribution in [0.15, 0.2) is 47.8 Å². The molecule has 2 aliphatic rings. The molecule has 0 bridgehead atoms. The Bertz CT molecular complexity index is 494. The summed E-state index contributed by atoms with van der Waals surface area (Å²) in [4.78, 5) is 11.8. The first kappa shape index (κ1) is 13.8. The van der Waals surface area contributed by atoms with Crippen molar-refractivity contribution in [2.75, 3.05) is 0 Å². The van der Waals surface area contributed by atoms with E-state index in [-0.39, 0.29) is 6.10 Å². The first-order valence-electron chi connectivity index (χ1n) is 6.27. The van der Waals surface area contributed by atoms with Gasteiger partial charge < -0.3 is 14.9 Å². The number of rotatable bonds is 2. The van der Waals surface area contributed by atoms with Gasteiger partial charge in [0.15, 0.2) is 11.4 Å². The Morgan fingerprint density at radius 3 is 2.89 bits per heavy atom. The number of carbonyl (C=O) groups is 1. The molecule has 4 heteroatoms. The predicted molar refractivity (Wildman–Crippen MR) is 71.2 cm³/mol. The average Bonchev–Trinajstić information content (AvgIpc) is 2.37. The van der Waals surface area contributed by atoms with E-state index in [1.807, 2.05) is 31.2 Å². The number of ketones is 1. The second-order valence-corrected chi connectivity index (χ2v) is 4.95. The molecular formula is C15H18O4. The molecule has 0 radical (unpaired) electrons. The van der Waals surface area contributed by atoms with E-state index in [9.17, 15) is 15.0 Å². The van der Waals surface area contributed by atoms with Crippen molar-refractivity contribution in [1.29, 1.82) is 0 Å². The lowest BCUT2D eigenvalue weighted by Gasteiger charge is -2.36. The number of carbonyl (C=O) groups excluding carboxylic acids is 1. The molecule has 0 saturated carbocycles. The lowest BCUT2D eigenvalue weighted by atomic mass is 9.78. The SMILES string of the molecule is CC=CC=CC1CC2=CC(=O)C(C)(O)C(O)C2=CO1. The van der Waals surface area contributed by atoms with E-state index >= 15 is 0 Å². The lowest BCUT2D eigenvalue weighted by Crippen LogP contribution is -2.50. The molecule has 3 unspecified atom stereocenters. The van der Waals surface area contributed by atoms with Crippen LogP contribution in [0.3, 0.4) is 0 Å². The molecule has 2 rings (SSSR count). The molecule has 2 N–H and O–H groups in total. The monoisotopic (exact) mass is 262 g/mol. The van der Waals surface area contributed by atoms with Crippen molar-refractivity contribution in [3.63, 3.8) is 0 Å². The molecule has 0 spiro atoms. The zero-order valence-corrected chi connectivity index (χ0v) is 11.0. The van der Waals surface area contributed by atoms with Gasteiger partial charge in [0, 0.05) is 12.0 Å². The maximum Gasteiger partial charge on any atom is 0.190 e. The smallest absolute Gasteiger partial charge is 0.190 e. The zero-order chi connectivity index (χ0) is 14.0. The van der Waals surface area contributed by atoms with Gasteiger partial charge >= 0.3 is 0 Å². The summed E-state index contributed by atoms with van der Waals surface area (Å²) in [5.74, 6) is -0.467. The molecule has 4 nitrogen and oxygen atoms in total. The average molecular weight is 262 g/mol. The lowest BCUT2D eigenvalue weighted by molar-refractivity contribution is -0.140. The molecule has 0 fully saturated rings. The number of allylic oxidation sites excluding steroid dienone is 3. The summed E-state index contributed by atoms with van der Waals surface area (Å²) in [6, 6.07) is 0. The van der Waals surface area contributed by atoms with Crippen molar-refractivity contribution >= 4 is 5.78 Å². The highest BCUT2D eigenvalue weighted by atomic mass is 16.5. The van der Waals surface area contributed by atoms with Crippen molar-refractivity contribution < 1.29 is 19.7 Å². The first-order chi connectivity index (χ1) is 8.96. The summed E-state index contributed by atoms with van der Waals surface area (Å²) >= 11 is 0. The van der Waals surface area contributed by atoms with Gasteiger partial charge in [0.2, 0.25) is 0 Å². The van der Waals surface area contributed by atoms with E-state index in [1.54, 1.807) is 0 Å². The minimum atomic E-state index is -1.77. The number of aliphatic hydroxyl groups excluding tert-OH is 1. The van der Waals surface area contributed by atoms with Gasteiger partial charge in [-0.25, -0.2) is 0 Å². The Balaban J connectivity index is 2.23. The maximum absolute atomic E-state index is 11.8. The fraction of sp³-hybridized carbons (Fsp3) is 0.400. The Labute approximate surface area is 112 Å². The van der Waals surface area contributed by atoms with E-state index in [4.69, 9.17) is 4.74 Å². The highest BCUT2D eigenvalue weighted by molar-refractivity contribution is 6.00. The Hall–Kier alpha value is -1.65. The second-order valence-electron chi connectivity index (χ2n) is 4.95. The van der Waals surface area contributed by atoms with Crippen LogP contribution in [-0.4, -0.2) is 33.8 Å². The van der Waals surface area contributed by atoms with Gasteiger partial charge in [-0.05, 0) is 31.6 Å². The van der Waals surface area contributed by atoms with Crippen molar-refractivity contribution in [2.45, 2.75) is 38.1 Å². The summed E-state index contributed by atoms with van der Waals surface area (Å²) < 4.78 is 5.49. The molecule has 102 valence electrons. The van der Waals surface area contributed by atoms with Gasteiger partial charge in [-0.2, -0.15) is 0 Å². The van der Waals surface area contributed by atoms with E-state index in [2.05, 4.69) is 0 Å². The van der Waals surface area contributed by atoms with Gasteiger partial charge in [-0.1, -0.05) is 18.2 Å². The van der Waals surface area contributed by atoms with Crippen LogP contribution in [0, 0.1) is 0 Å². The van der Waals surface area contributed by atoms with E-state index in [0.717, 1.165) is 5.57 Å². The molecule has 3 atom stereocenters. The number of aliphatic hydroxyl groups is 2. The number of fused-ring (bicyclic) bond motifs is 1. The van der Waals surface area contributed by atoms with Gasteiger partial charge in [-0.3, -0.25) is 4.79 Å². The third-order valence-corrected chi connectivity index (χ3v) is 3.42. The van der Waals surface area contributed by atoms with Crippen LogP contribution >= 0.6 is 0 Å². The van der Waals surface area contributed by atoms with Crippen LogP contribution in [0.1, 0.15) is 20.3 Å². The van der Waals surface area contributed by atoms with Gasteiger partial charge in [-0.15, -0.1) is 0 Å². The Morgan fingerprint density at radius 2 is 2.21 bits per heavy atom. The molecule has 1 heterocycles.